The van der Waals surface area contributed by atoms with Gasteiger partial charge in [0.1, 0.15) is 0 Å². The molecular weight excluding hydrogens is 328 g/mol. The molecule has 1 aromatic heterocycles. The van der Waals surface area contributed by atoms with E-state index in [1.54, 1.807) is 0 Å². The smallest absolute Gasteiger partial charge is 0.241 e. The molecule has 2 aromatic rings. The first-order chi connectivity index (χ1) is 12.5. The Morgan fingerprint density at radius 1 is 1.31 bits per heavy atom. The third-order valence-electron chi connectivity index (χ3n) is 4.87. The summed E-state index contributed by atoms with van der Waals surface area (Å²) in [7, 11) is 0. The van der Waals surface area contributed by atoms with E-state index >= 15 is 0 Å². The van der Waals surface area contributed by atoms with Crippen molar-refractivity contribution >= 4 is 11.6 Å². The van der Waals surface area contributed by atoms with Crippen LogP contribution < -0.4 is 4.90 Å². The van der Waals surface area contributed by atoms with Crippen molar-refractivity contribution in [3.8, 4) is 0 Å². The lowest BCUT2D eigenvalue weighted by Gasteiger charge is -2.32. The summed E-state index contributed by atoms with van der Waals surface area (Å²) in [5.74, 6) is 1.33. The van der Waals surface area contributed by atoms with Gasteiger partial charge in [-0.3, -0.25) is 9.69 Å². The van der Waals surface area contributed by atoms with Crippen LogP contribution in [0, 0.1) is 6.92 Å². The number of carbonyl (C=O) groups is 1. The molecule has 0 unspecified atom stereocenters. The molecule has 0 N–H and O–H groups in total. The third kappa shape index (κ3) is 4.12. The number of aryl methyl sites for hydroxylation is 3. The Hall–Kier alpha value is -2.21. The van der Waals surface area contributed by atoms with E-state index in [9.17, 15) is 4.79 Å². The van der Waals surface area contributed by atoms with Crippen molar-refractivity contribution in [3.05, 3.63) is 41.1 Å². The molecule has 26 heavy (non-hydrogen) atoms. The second-order valence-electron chi connectivity index (χ2n) is 7.22. The largest absolute Gasteiger partial charge is 0.424 e. The molecule has 1 amide bonds. The molecule has 3 rings (SSSR count). The fraction of sp³-hybridized carbons (Fsp3) is 0.550. The molecule has 0 radical (unpaired) electrons. The second kappa shape index (κ2) is 7.99. The molecule has 6 heteroatoms. The molecule has 0 aliphatic carbocycles. The Morgan fingerprint density at radius 3 is 2.77 bits per heavy atom. The molecule has 0 atom stereocenters. The Morgan fingerprint density at radius 2 is 2.08 bits per heavy atom. The first-order valence-corrected chi connectivity index (χ1v) is 9.43. The molecule has 0 spiro atoms. The molecule has 6 nitrogen and oxygen atoms in total. The third-order valence-corrected chi connectivity index (χ3v) is 4.87. The molecule has 0 bridgehead atoms. The molecule has 1 aromatic carbocycles. The van der Waals surface area contributed by atoms with Crippen molar-refractivity contribution in [2.45, 2.75) is 59.5 Å². The highest BCUT2D eigenvalue weighted by Crippen LogP contribution is 2.28. The summed E-state index contributed by atoms with van der Waals surface area (Å²) in [4.78, 5) is 17.0. The Balaban J connectivity index is 1.72. The van der Waals surface area contributed by atoms with Gasteiger partial charge in [0.2, 0.25) is 17.7 Å². The SMILES string of the molecule is CCc1nnc(CN(CC(=O)N2CCCc3cc(C)ccc32)C(C)C)o1. The first-order valence-electron chi connectivity index (χ1n) is 9.43. The van der Waals surface area contributed by atoms with Crippen molar-refractivity contribution in [1.29, 1.82) is 0 Å². The summed E-state index contributed by atoms with van der Waals surface area (Å²) in [6.45, 7) is 9.85. The van der Waals surface area contributed by atoms with Crippen LogP contribution in [0.2, 0.25) is 0 Å². The van der Waals surface area contributed by atoms with Crippen molar-refractivity contribution in [3.63, 3.8) is 0 Å². The number of benzene rings is 1. The van der Waals surface area contributed by atoms with E-state index in [1.165, 1.54) is 11.1 Å². The number of anilines is 1. The van der Waals surface area contributed by atoms with Crippen molar-refractivity contribution in [1.82, 2.24) is 15.1 Å². The molecule has 0 saturated carbocycles. The van der Waals surface area contributed by atoms with Crippen LogP contribution in [0.25, 0.3) is 0 Å². The van der Waals surface area contributed by atoms with Crippen LogP contribution in [0.3, 0.4) is 0 Å². The van der Waals surface area contributed by atoms with Crippen molar-refractivity contribution < 1.29 is 9.21 Å². The van der Waals surface area contributed by atoms with Gasteiger partial charge in [-0.25, -0.2) is 0 Å². The number of hydrogen-bond donors (Lipinski definition) is 0. The maximum absolute atomic E-state index is 13.0. The van der Waals surface area contributed by atoms with Gasteiger partial charge in [0, 0.05) is 24.7 Å². The number of hydrogen-bond acceptors (Lipinski definition) is 5. The number of rotatable bonds is 6. The van der Waals surface area contributed by atoms with Crippen molar-refractivity contribution in [2.75, 3.05) is 18.0 Å². The van der Waals surface area contributed by atoms with Gasteiger partial charge in [0.25, 0.3) is 0 Å². The van der Waals surface area contributed by atoms with Crippen LogP contribution in [-0.2, 0) is 24.2 Å². The maximum Gasteiger partial charge on any atom is 0.241 e. The summed E-state index contributed by atoms with van der Waals surface area (Å²) in [6, 6.07) is 6.56. The van der Waals surface area contributed by atoms with Crippen LogP contribution in [0.4, 0.5) is 5.69 Å². The number of nitrogens with zero attached hydrogens (tertiary/aromatic N) is 4. The fourth-order valence-electron chi connectivity index (χ4n) is 3.33. The van der Waals surface area contributed by atoms with E-state index in [0.717, 1.165) is 31.5 Å². The fourth-order valence-corrected chi connectivity index (χ4v) is 3.33. The molecule has 140 valence electrons. The van der Waals surface area contributed by atoms with E-state index in [-0.39, 0.29) is 11.9 Å². The molecule has 2 heterocycles. The lowest BCUT2D eigenvalue weighted by atomic mass is 9.99. The lowest BCUT2D eigenvalue weighted by Crippen LogP contribution is -2.44. The minimum atomic E-state index is 0.124. The predicted octanol–water partition coefficient (Wildman–Crippen LogP) is 3.13. The van der Waals surface area contributed by atoms with E-state index in [2.05, 4.69) is 54.1 Å². The van der Waals surface area contributed by atoms with Gasteiger partial charge >= 0.3 is 0 Å². The Labute approximate surface area is 155 Å². The summed E-state index contributed by atoms with van der Waals surface area (Å²) in [6.07, 6.45) is 2.77. The minimum absolute atomic E-state index is 0.124. The van der Waals surface area contributed by atoms with E-state index in [1.807, 2.05) is 11.8 Å². The second-order valence-corrected chi connectivity index (χ2v) is 7.22. The van der Waals surface area contributed by atoms with Gasteiger partial charge in [0.05, 0.1) is 13.1 Å². The number of fused-ring (bicyclic) bond motifs is 1. The van der Waals surface area contributed by atoms with E-state index in [4.69, 9.17) is 4.42 Å². The number of carbonyl (C=O) groups excluding carboxylic acids is 1. The van der Waals surface area contributed by atoms with Gasteiger partial charge in [-0.05, 0) is 45.2 Å². The average Bonchev–Trinajstić information content (AvgIpc) is 3.07. The van der Waals surface area contributed by atoms with E-state index < -0.39 is 0 Å². The highest BCUT2D eigenvalue weighted by atomic mass is 16.4. The van der Waals surface area contributed by atoms with Crippen molar-refractivity contribution in [2.24, 2.45) is 0 Å². The number of aromatic nitrogens is 2. The molecular formula is C20H28N4O2. The van der Waals surface area contributed by atoms with Crippen LogP contribution in [0.15, 0.2) is 22.6 Å². The standard InChI is InChI=1S/C20H28N4O2/c1-5-18-21-22-19(26-18)12-23(14(2)3)13-20(25)24-10-6-7-16-11-15(4)8-9-17(16)24/h8-9,11,14H,5-7,10,12-13H2,1-4H3. The maximum atomic E-state index is 13.0. The minimum Gasteiger partial charge on any atom is -0.424 e. The zero-order chi connectivity index (χ0) is 18.7. The molecule has 0 fully saturated rings. The topological polar surface area (TPSA) is 62.5 Å². The Bertz CT molecular complexity index is 769. The average molecular weight is 356 g/mol. The van der Waals surface area contributed by atoms with Gasteiger partial charge < -0.3 is 9.32 Å². The summed E-state index contributed by atoms with van der Waals surface area (Å²) in [5.41, 5.74) is 3.57. The first kappa shape index (κ1) is 18.6. The zero-order valence-corrected chi connectivity index (χ0v) is 16.2. The van der Waals surface area contributed by atoms with E-state index in [0.29, 0.717) is 24.9 Å². The molecule has 0 saturated heterocycles. The van der Waals surface area contributed by atoms with Crippen LogP contribution in [0.5, 0.6) is 0 Å². The van der Waals surface area contributed by atoms with Gasteiger partial charge in [-0.2, -0.15) is 0 Å². The quantitative estimate of drug-likeness (QED) is 0.796. The van der Waals surface area contributed by atoms with Crippen LogP contribution >= 0.6 is 0 Å². The van der Waals surface area contributed by atoms with Gasteiger partial charge in [-0.1, -0.05) is 24.6 Å². The molecule has 1 aliphatic heterocycles. The highest BCUT2D eigenvalue weighted by molar-refractivity contribution is 5.96. The van der Waals surface area contributed by atoms with Crippen LogP contribution in [0.1, 0.15) is 50.1 Å². The monoisotopic (exact) mass is 356 g/mol. The Kier molecular flexibility index (Phi) is 5.71. The summed E-state index contributed by atoms with van der Waals surface area (Å²) in [5, 5.41) is 8.11. The summed E-state index contributed by atoms with van der Waals surface area (Å²) < 4.78 is 5.62. The lowest BCUT2D eigenvalue weighted by molar-refractivity contribution is -0.120. The highest BCUT2D eigenvalue weighted by Gasteiger charge is 2.25. The molecule has 1 aliphatic rings. The normalized spacial score (nSPS) is 14.2. The van der Waals surface area contributed by atoms with Gasteiger partial charge in [-0.15, -0.1) is 10.2 Å². The summed E-state index contributed by atoms with van der Waals surface area (Å²) >= 11 is 0. The van der Waals surface area contributed by atoms with Gasteiger partial charge in [0.15, 0.2) is 0 Å². The number of amides is 1. The van der Waals surface area contributed by atoms with Crippen LogP contribution in [-0.4, -0.2) is 40.1 Å². The predicted molar refractivity (Wildman–Crippen MR) is 101 cm³/mol. The zero-order valence-electron chi connectivity index (χ0n) is 16.2.